The minimum absolute atomic E-state index is 0.242. The van der Waals surface area contributed by atoms with Gasteiger partial charge in [0.2, 0.25) is 0 Å². The Morgan fingerprint density at radius 3 is 2.93 bits per heavy atom. The molecule has 0 fully saturated rings. The average molecular weight is 191 g/mol. The van der Waals surface area contributed by atoms with E-state index in [1.165, 1.54) is 16.7 Å². The Bertz CT molecular complexity index is 346. The summed E-state index contributed by atoms with van der Waals surface area (Å²) >= 11 is 0. The van der Waals surface area contributed by atoms with Crippen molar-refractivity contribution in [3.63, 3.8) is 0 Å². The molecule has 0 saturated heterocycles. The molecule has 1 aliphatic rings. The van der Waals surface area contributed by atoms with Crippen LogP contribution >= 0.6 is 0 Å². The zero-order valence-electron chi connectivity index (χ0n) is 8.84. The second-order valence-electron chi connectivity index (χ2n) is 3.86. The molecule has 0 spiro atoms. The topological polar surface area (TPSA) is 35.2 Å². The van der Waals surface area contributed by atoms with Crippen LogP contribution in [-0.4, -0.2) is 7.11 Å². The molecule has 1 aliphatic carbocycles. The van der Waals surface area contributed by atoms with E-state index < -0.39 is 0 Å². The molecular weight excluding hydrogens is 174 g/mol. The van der Waals surface area contributed by atoms with Crippen LogP contribution in [0.2, 0.25) is 0 Å². The van der Waals surface area contributed by atoms with E-state index in [4.69, 9.17) is 10.5 Å². The van der Waals surface area contributed by atoms with Crippen LogP contribution in [-0.2, 0) is 12.8 Å². The van der Waals surface area contributed by atoms with Gasteiger partial charge in [-0.25, -0.2) is 0 Å². The molecule has 0 heterocycles. The first kappa shape index (κ1) is 9.53. The van der Waals surface area contributed by atoms with Crippen molar-refractivity contribution < 1.29 is 4.74 Å². The van der Waals surface area contributed by atoms with E-state index in [1.807, 2.05) is 0 Å². The molecule has 0 aromatic heterocycles. The fourth-order valence-corrected chi connectivity index (χ4v) is 2.30. The van der Waals surface area contributed by atoms with E-state index >= 15 is 0 Å². The second kappa shape index (κ2) is 3.62. The van der Waals surface area contributed by atoms with Gasteiger partial charge in [-0.05, 0) is 48.1 Å². The summed E-state index contributed by atoms with van der Waals surface area (Å²) in [6.45, 7) is 2.17. The van der Waals surface area contributed by atoms with Gasteiger partial charge in [-0.2, -0.15) is 0 Å². The summed E-state index contributed by atoms with van der Waals surface area (Å²) in [4.78, 5) is 0. The van der Waals surface area contributed by atoms with E-state index in [9.17, 15) is 0 Å². The number of fused-ring (bicyclic) bond motifs is 1. The molecule has 0 saturated carbocycles. The van der Waals surface area contributed by atoms with E-state index in [0.29, 0.717) is 0 Å². The monoisotopic (exact) mass is 191 g/mol. The van der Waals surface area contributed by atoms with Crippen LogP contribution in [0.4, 0.5) is 0 Å². The first-order chi connectivity index (χ1) is 6.76. The predicted molar refractivity (Wildman–Crippen MR) is 57.6 cm³/mol. The van der Waals surface area contributed by atoms with Gasteiger partial charge < -0.3 is 10.5 Å². The van der Waals surface area contributed by atoms with Gasteiger partial charge in [-0.3, -0.25) is 0 Å². The Balaban J connectivity index is 2.52. The van der Waals surface area contributed by atoms with Gasteiger partial charge in [-0.1, -0.05) is 6.92 Å². The summed E-state index contributed by atoms with van der Waals surface area (Å²) in [5, 5.41) is 0. The van der Waals surface area contributed by atoms with Gasteiger partial charge in [0.05, 0.1) is 7.11 Å². The van der Waals surface area contributed by atoms with E-state index in [1.54, 1.807) is 7.11 Å². The summed E-state index contributed by atoms with van der Waals surface area (Å²) in [5.41, 5.74) is 10.2. The number of benzene rings is 1. The molecule has 2 heteroatoms. The van der Waals surface area contributed by atoms with Crippen LogP contribution in [0.15, 0.2) is 12.1 Å². The van der Waals surface area contributed by atoms with Crippen LogP contribution < -0.4 is 10.5 Å². The molecule has 1 aromatic carbocycles. The van der Waals surface area contributed by atoms with Crippen molar-refractivity contribution in [2.45, 2.75) is 32.2 Å². The largest absolute Gasteiger partial charge is 0.497 e. The predicted octanol–water partition coefficient (Wildman–Crippen LogP) is 2.20. The smallest absolute Gasteiger partial charge is 0.119 e. The van der Waals surface area contributed by atoms with Crippen LogP contribution in [0.25, 0.3) is 0 Å². The van der Waals surface area contributed by atoms with Crippen molar-refractivity contribution in [3.05, 3.63) is 28.8 Å². The SMILES string of the molecule is CCc1cc(OC)cc2c1[C@H](N)CC2. The Morgan fingerprint density at radius 2 is 2.29 bits per heavy atom. The number of ether oxygens (including phenoxy) is 1. The molecular formula is C12H17NO. The van der Waals surface area contributed by atoms with E-state index in [0.717, 1.165) is 25.0 Å². The zero-order chi connectivity index (χ0) is 10.1. The molecule has 0 radical (unpaired) electrons. The molecule has 1 atom stereocenters. The molecule has 0 unspecified atom stereocenters. The normalized spacial score (nSPS) is 19.5. The molecule has 14 heavy (non-hydrogen) atoms. The summed E-state index contributed by atoms with van der Waals surface area (Å²) in [7, 11) is 1.72. The summed E-state index contributed by atoms with van der Waals surface area (Å²) in [5.74, 6) is 0.967. The van der Waals surface area contributed by atoms with Crippen LogP contribution in [0.5, 0.6) is 5.75 Å². The fraction of sp³-hybridized carbons (Fsp3) is 0.500. The van der Waals surface area contributed by atoms with Crippen LogP contribution in [0.1, 0.15) is 36.1 Å². The number of hydrogen-bond donors (Lipinski definition) is 1. The third-order valence-electron chi connectivity index (χ3n) is 3.04. The highest BCUT2D eigenvalue weighted by molar-refractivity contribution is 5.46. The summed E-state index contributed by atoms with van der Waals surface area (Å²) in [6.07, 6.45) is 3.21. The van der Waals surface area contributed by atoms with Crippen molar-refractivity contribution in [2.24, 2.45) is 5.73 Å². The van der Waals surface area contributed by atoms with Gasteiger partial charge in [0.25, 0.3) is 0 Å². The summed E-state index contributed by atoms with van der Waals surface area (Å²) < 4.78 is 5.28. The first-order valence-corrected chi connectivity index (χ1v) is 5.21. The number of methoxy groups -OCH3 is 1. The molecule has 2 rings (SSSR count). The van der Waals surface area contributed by atoms with Gasteiger partial charge in [0, 0.05) is 6.04 Å². The fourth-order valence-electron chi connectivity index (χ4n) is 2.30. The molecule has 1 aromatic rings. The highest BCUT2D eigenvalue weighted by Gasteiger charge is 2.22. The highest BCUT2D eigenvalue weighted by atomic mass is 16.5. The van der Waals surface area contributed by atoms with Crippen molar-refractivity contribution in [1.82, 2.24) is 0 Å². The van der Waals surface area contributed by atoms with E-state index in [2.05, 4.69) is 19.1 Å². The third kappa shape index (κ3) is 1.40. The quantitative estimate of drug-likeness (QED) is 0.777. The Kier molecular flexibility index (Phi) is 2.46. The lowest BCUT2D eigenvalue weighted by molar-refractivity contribution is 0.413. The summed E-state index contributed by atoms with van der Waals surface area (Å²) in [6, 6.07) is 4.48. The van der Waals surface area contributed by atoms with Crippen molar-refractivity contribution in [1.29, 1.82) is 0 Å². The standard InChI is InChI=1S/C12H17NO/c1-3-8-6-10(14-2)7-9-4-5-11(13)12(8)9/h6-7,11H,3-5,13H2,1-2H3/t11-/m1/s1. The van der Waals surface area contributed by atoms with Gasteiger partial charge in [0.1, 0.15) is 5.75 Å². The Hall–Kier alpha value is -1.02. The van der Waals surface area contributed by atoms with Gasteiger partial charge >= 0.3 is 0 Å². The van der Waals surface area contributed by atoms with Gasteiger partial charge in [0.15, 0.2) is 0 Å². The number of aryl methyl sites for hydroxylation is 2. The number of rotatable bonds is 2. The average Bonchev–Trinajstić information content (AvgIpc) is 2.59. The zero-order valence-corrected chi connectivity index (χ0v) is 8.84. The lowest BCUT2D eigenvalue weighted by Crippen LogP contribution is -2.08. The molecule has 2 N–H and O–H groups in total. The maximum absolute atomic E-state index is 6.07. The minimum Gasteiger partial charge on any atom is -0.497 e. The molecule has 0 aliphatic heterocycles. The Morgan fingerprint density at radius 1 is 1.50 bits per heavy atom. The van der Waals surface area contributed by atoms with Crippen molar-refractivity contribution in [3.8, 4) is 5.75 Å². The van der Waals surface area contributed by atoms with Crippen LogP contribution in [0, 0.1) is 0 Å². The maximum atomic E-state index is 6.07. The van der Waals surface area contributed by atoms with E-state index in [-0.39, 0.29) is 6.04 Å². The first-order valence-electron chi connectivity index (χ1n) is 5.21. The maximum Gasteiger partial charge on any atom is 0.119 e. The van der Waals surface area contributed by atoms with Gasteiger partial charge in [-0.15, -0.1) is 0 Å². The Labute approximate surface area is 85.1 Å². The molecule has 0 bridgehead atoms. The second-order valence-corrected chi connectivity index (χ2v) is 3.86. The lowest BCUT2D eigenvalue weighted by atomic mass is 9.99. The third-order valence-corrected chi connectivity index (χ3v) is 3.04. The highest BCUT2D eigenvalue weighted by Crippen LogP contribution is 2.35. The molecule has 0 amide bonds. The van der Waals surface area contributed by atoms with Crippen molar-refractivity contribution >= 4 is 0 Å². The number of nitrogens with two attached hydrogens (primary N) is 1. The van der Waals surface area contributed by atoms with Crippen LogP contribution in [0.3, 0.4) is 0 Å². The molecule has 76 valence electrons. The minimum atomic E-state index is 0.242. The lowest BCUT2D eigenvalue weighted by Gasteiger charge is -2.12. The van der Waals surface area contributed by atoms with Crippen molar-refractivity contribution in [2.75, 3.05) is 7.11 Å². The number of hydrogen-bond acceptors (Lipinski definition) is 2. The molecule has 2 nitrogen and oxygen atoms in total.